The van der Waals surface area contributed by atoms with Gasteiger partial charge < -0.3 is 4.74 Å². The van der Waals surface area contributed by atoms with E-state index in [0.29, 0.717) is 6.61 Å². The molecule has 1 aromatic rings. The second-order valence-electron chi connectivity index (χ2n) is 3.18. The molecule has 0 N–H and O–H groups in total. The molecule has 0 spiro atoms. The van der Waals surface area contributed by atoms with Crippen molar-refractivity contribution >= 4 is 11.6 Å². The Balaban J connectivity index is 2.43. The summed E-state index contributed by atoms with van der Waals surface area (Å²) in [4.78, 5) is 0. The summed E-state index contributed by atoms with van der Waals surface area (Å²) in [5.41, 5.74) is 2.52. The van der Waals surface area contributed by atoms with Crippen molar-refractivity contribution in [3.8, 4) is 5.75 Å². The zero-order valence-electron chi connectivity index (χ0n) is 8.53. The minimum Gasteiger partial charge on any atom is -0.486 e. The molecular formula is C10H15ClN2O. The summed E-state index contributed by atoms with van der Waals surface area (Å²) < 4.78 is 7.32. The molecule has 1 heterocycles. The Hall–Kier alpha value is -0.960. The maximum atomic E-state index is 5.51. The van der Waals surface area contributed by atoms with E-state index in [1.54, 1.807) is 6.20 Å². The molecule has 0 unspecified atom stereocenters. The number of aromatic nitrogens is 2. The van der Waals surface area contributed by atoms with Crippen molar-refractivity contribution in [3.63, 3.8) is 0 Å². The van der Waals surface area contributed by atoms with Crippen LogP contribution in [0.15, 0.2) is 23.5 Å². The molecule has 0 saturated heterocycles. The van der Waals surface area contributed by atoms with Crippen molar-refractivity contribution < 1.29 is 4.74 Å². The summed E-state index contributed by atoms with van der Waals surface area (Å²) in [6, 6.07) is 0. The first-order valence-electron chi connectivity index (χ1n) is 4.67. The van der Waals surface area contributed by atoms with Gasteiger partial charge in [-0.2, -0.15) is 5.10 Å². The Labute approximate surface area is 89.3 Å². The van der Waals surface area contributed by atoms with Crippen LogP contribution in [0.25, 0.3) is 0 Å². The molecule has 0 aromatic carbocycles. The lowest BCUT2D eigenvalue weighted by Gasteiger charge is -2.01. The summed E-state index contributed by atoms with van der Waals surface area (Å²) in [6.07, 6.45) is 4.68. The van der Waals surface area contributed by atoms with Crippen LogP contribution in [0.3, 0.4) is 0 Å². The molecule has 78 valence electrons. The van der Waals surface area contributed by atoms with Crippen molar-refractivity contribution in [3.05, 3.63) is 23.5 Å². The van der Waals surface area contributed by atoms with E-state index in [2.05, 4.69) is 12.0 Å². The van der Waals surface area contributed by atoms with Gasteiger partial charge in [0.1, 0.15) is 6.61 Å². The summed E-state index contributed by atoms with van der Waals surface area (Å²) in [7, 11) is 0. The van der Waals surface area contributed by atoms with Crippen molar-refractivity contribution in [1.29, 1.82) is 0 Å². The van der Waals surface area contributed by atoms with Crippen LogP contribution in [0.4, 0.5) is 0 Å². The molecular weight excluding hydrogens is 200 g/mol. The third-order valence-corrected chi connectivity index (χ3v) is 2.09. The molecule has 4 heteroatoms. The number of hydrogen-bond acceptors (Lipinski definition) is 2. The van der Waals surface area contributed by atoms with Gasteiger partial charge in [-0.05, 0) is 18.9 Å². The van der Waals surface area contributed by atoms with Crippen LogP contribution in [-0.2, 0) is 6.54 Å². The molecule has 0 bridgehead atoms. The third-order valence-electron chi connectivity index (χ3n) is 1.72. The molecule has 0 aliphatic rings. The largest absolute Gasteiger partial charge is 0.486 e. The van der Waals surface area contributed by atoms with E-state index < -0.39 is 0 Å². The van der Waals surface area contributed by atoms with Crippen LogP contribution < -0.4 is 4.74 Å². The Kier molecular flexibility index (Phi) is 4.53. The Bertz CT molecular complexity index is 307. The van der Waals surface area contributed by atoms with Crippen molar-refractivity contribution in [2.75, 3.05) is 6.61 Å². The first kappa shape index (κ1) is 11.1. The Morgan fingerprint density at radius 3 is 3.14 bits per heavy atom. The number of aryl methyl sites for hydroxylation is 1. The lowest BCUT2D eigenvalue weighted by molar-refractivity contribution is 0.352. The van der Waals surface area contributed by atoms with Crippen LogP contribution >= 0.6 is 11.6 Å². The van der Waals surface area contributed by atoms with Crippen molar-refractivity contribution in [2.24, 2.45) is 0 Å². The lowest BCUT2D eigenvalue weighted by atomic mass is 10.4. The Morgan fingerprint density at radius 2 is 2.50 bits per heavy atom. The van der Waals surface area contributed by atoms with Crippen molar-refractivity contribution in [1.82, 2.24) is 9.78 Å². The van der Waals surface area contributed by atoms with Gasteiger partial charge in [0.2, 0.25) is 0 Å². The summed E-state index contributed by atoms with van der Waals surface area (Å²) in [6.45, 7) is 5.47. The number of rotatable bonds is 5. The third kappa shape index (κ3) is 3.42. The highest BCUT2D eigenvalue weighted by Crippen LogP contribution is 2.10. The molecule has 14 heavy (non-hydrogen) atoms. The SMILES string of the molecule is CCCn1cc(OC/C(C)=C/Cl)cn1. The first-order valence-corrected chi connectivity index (χ1v) is 5.11. The van der Waals surface area contributed by atoms with Crippen molar-refractivity contribution in [2.45, 2.75) is 26.8 Å². The van der Waals surface area contributed by atoms with Gasteiger partial charge in [-0.1, -0.05) is 18.5 Å². The van der Waals surface area contributed by atoms with E-state index in [0.717, 1.165) is 24.3 Å². The van der Waals surface area contributed by atoms with Crippen LogP contribution in [0, 0.1) is 0 Å². The quantitative estimate of drug-likeness (QED) is 0.754. The second-order valence-corrected chi connectivity index (χ2v) is 3.40. The predicted octanol–water partition coefficient (Wildman–Crippen LogP) is 2.81. The van der Waals surface area contributed by atoms with Gasteiger partial charge in [-0.25, -0.2) is 0 Å². The van der Waals surface area contributed by atoms with Crippen LogP contribution in [0.1, 0.15) is 20.3 Å². The van der Waals surface area contributed by atoms with Gasteiger partial charge in [0.25, 0.3) is 0 Å². The van der Waals surface area contributed by atoms with Crippen LogP contribution in [0.2, 0.25) is 0 Å². The monoisotopic (exact) mass is 214 g/mol. The molecule has 0 saturated carbocycles. The fraction of sp³-hybridized carbons (Fsp3) is 0.500. The van der Waals surface area contributed by atoms with Gasteiger partial charge in [0.05, 0.1) is 12.4 Å². The topological polar surface area (TPSA) is 27.1 Å². The first-order chi connectivity index (χ1) is 6.76. The van der Waals surface area contributed by atoms with Gasteiger partial charge in [-0.15, -0.1) is 0 Å². The average Bonchev–Trinajstić information content (AvgIpc) is 2.63. The maximum Gasteiger partial charge on any atom is 0.157 e. The van der Waals surface area contributed by atoms with E-state index in [4.69, 9.17) is 16.3 Å². The lowest BCUT2D eigenvalue weighted by Crippen LogP contribution is -1.98. The fourth-order valence-electron chi connectivity index (χ4n) is 0.999. The van der Waals surface area contributed by atoms with Crippen LogP contribution in [-0.4, -0.2) is 16.4 Å². The standard InChI is InChI=1S/C10H15ClN2O/c1-3-4-13-7-10(6-12-13)14-8-9(2)5-11/h5-7H,3-4,8H2,1-2H3/b9-5+. The molecule has 1 rings (SSSR count). The van der Waals surface area contributed by atoms with Gasteiger partial charge in [0, 0.05) is 12.1 Å². The molecule has 0 aliphatic heterocycles. The van der Waals surface area contributed by atoms with Crippen LogP contribution in [0.5, 0.6) is 5.75 Å². The number of hydrogen-bond donors (Lipinski definition) is 0. The predicted molar refractivity (Wildman–Crippen MR) is 57.6 cm³/mol. The second kappa shape index (κ2) is 5.70. The zero-order valence-corrected chi connectivity index (χ0v) is 9.29. The van der Waals surface area contributed by atoms with E-state index in [1.165, 1.54) is 5.54 Å². The zero-order chi connectivity index (χ0) is 10.4. The minimum absolute atomic E-state index is 0.515. The fourth-order valence-corrected chi connectivity index (χ4v) is 1.06. The highest BCUT2D eigenvalue weighted by Gasteiger charge is 1.98. The van der Waals surface area contributed by atoms with E-state index in [1.807, 2.05) is 17.8 Å². The van der Waals surface area contributed by atoms with Gasteiger partial charge in [0.15, 0.2) is 5.75 Å². The Morgan fingerprint density at radius 1 is 1.71 bits per heavy atom. The van der Waals surface area contributed by atoms with Gasteiger partial charge in [-0.3, -0.25) is 4.68 Å². The molecule has 0 amide bonds. The average molecular weight is 215 g/mol. The normalized spacial score (nSPS) is 11.8. The minimum atomic E-state index is 0.515. The highest BCUT2D eigenvalue weighted by atomic mass is 35.5. The van der Waals surface area contributed by atoms with Gasteiger partial charge >= 0.3 is 0 Å². The highest BCUT2D eigenvalue weighted by molar-refractivity contribution is 6.25. The molecule has 0 fully saturated rings. The number of nitrogens with zero attached hydrogens (tertiary/aromatic N) is 2. The van der Waals surface area contributed by atoms with E-state index in [9.17, 15) is 0 Å². The summed E-state index contributed by atoms with van der Waals surface area (Å²) in [5, 5.41) is 4.15. The summed E-state index contributed by atoms with van der Waals surface area (Å²) in [5.74, 6) is 0.788. The molecule has 0 atom stereocenters. The summed E-state index contributed by atoms with van der Waals surface area (Å²) >= 11 is 5.51. The smallest absolute Gasteiger partial charge is 0.157 e. The molecule has 1 aromatic heterocycles. The van der Waals surface area contributed by atoms with E-state index in [-0.39, 0.29) is 0 Å². The molecule has 0 aliphatic carbocycles. The number of halogens is 1. The van der Waals surface area contributed by atoms with E-state index >= 15 is 0 Å². The number of ether oxygens (including phenoxy) is 1. The molecule has 3 nitrogen and oxygen atoms in total. The molecule has 0 radical (unpaired) electrons. The maximum absolute atomic E-state index is 5.51.